The van der Waals surface area contributed by atoms with Gasteiger partial charge in [-0.25, -0.2) is 14.6 Å². The smallest absolute Gasteiger partial charge is 0.249 e. The Morgan fingerprint density at radius 3 is 2.81 bits per heavy atom. The van der Waals surface area contributed by atoms with Gasteiger partial charge in [-0.3, -0.25) is 0 Å². The zero-order chi connectivity index (χ0) is 21.4. The summed E-state index contributed by atoms with van der Waals surface area (Å²) in [7, 11) is 0. The second-order valence-corrected chi connectivity index (χ2v) is 9.00. The highest BCUT2D eigenvalue weighted by atomic mass is 32.1. The van der Waals surface area contributed by atoms with Gasteiger partial charge < -0.3 is 14.5 Å². The Balaban J connectivity index is 1.44. The lowest BCUT2D eigenvalue weighted by Gasteiger charge is -2.23. The van der Waals surface area contributed by atoms with Gasteiger partial charge >= 0.3 is 0 Å². The van der Waals surface area contributed by atoms with Gasteiger partial charge in [-0.2, -0.15) is 5.10 Å². The van der Waals surface area contributed by atoms with Crippen LogP contribution in [-0.4, -0.2) is 49.2 Å². The summed E-state index contributed by atoms with van der Waals surface area (Å²) in [6.45, 7) is 8.37. The number of rotatable bonds is 6. The number of pyridine rings is 1. The van der Waals surface area contributed by atoms with Gasteiger partial charge in [0.05, 0.1) is 28.1 Å². The van der Waals surface area contributed by atoms with Crippen LogP contribution in [0, 0.1) is 13.8 Å². The SMILES string of the molecule is CCn1nc(NC2CCOCC2)c2cc(-c3nnc(Cc4sc(C)nc4C)o3)cnc21. The predicted molar refractivity (Wildman–Crippen MR) is 118 cm³/mol. The Morgan fingerprint density at radius 1 is 1.23 bits per heavy atom. The topological polar surface area (TPSA) is 104 Å². The summed E-state index contributed by atoms with van der Waals surface area (Å²) in [5.74, 6) is 1.88. The summed E-state index contributed by atoms with van der Waals surface area (Å²) in [4.78, 5) is 10.3. The van der Waals surface area contributed by atoms with E-state index in [4.69, 9.17) is 14.3 Å². The summed E-state index contributed by atoms with van der Waals surface area (Å²) < 4.78 is 13.3. The normalized spacial score (nSPS) is 15.1. The molecule has 5 rings (SSSR count). The van der Waals surface area contributed by atoms with Crippen molar-refractivity contribution in [2.75, 3.05) is 18.5 Å². The molecule has 1 saturated heterocycles. The van der Waals surface area contributed by atoms with Gasteiger partial charge in [0.15, 0.2) is 11.5 Å². The summed E-state index contributed by atoms with van der Waals surface area (Å²) in [6.07, 6.45) is 4.30. The maximum absolute atomic E-state index is 5.96. The van der Waals surface area contributed by atoms with Crippen molar-refractivity contribution in [3.05, 3.63) is 33.7 Å². The molecule has 1 fully saturated rings. The van der Waals surface area contributed by atoms with Gasteiger partial charge in [0.2, 0.25) is 11.8 Å². The van der Waals surface area contributed by atoms with Crippen molar-refractivity contribution in [2.24, 2.45) is 0 Å². The van der Waals surface area contributed by atoms with Gasteiger partial charge in [0.1, 0.15) is 0 Å². The largest absolute Gasteiger partial charge is 0.420 e. The van der Waals surface area contributed by atoms with Crippen LogP contribution in [0.3, 0.4) is 0 Å². The zero-order valence-corrected chi connectivity index (χ0v) is 18.7. The minimum Gasteiger partial charge on any atom is -0.420 e. The highest BCUT2D eigenvalue weighted by Gasteiger charge is 2.20. The van der Waals surface area contributed by atoms with Crippen molar-refractivity contribution >= 4 is 28.2 Å². The molecule has 10 heteroatoms. The third-order valence-electron chi connectivity index (χ3n) is 5.47. The van der Waals surface area contributed by atoms with Crippen molar-refractivity contribution < 1.29 is 9.15 Å². The fraction of sp³-hybridized carbons (Fsp3) is 0.476. The Hall–Kier alpha value is -2.85. The molecule has 1 aliphatic heterocycles. The molecule has 4 aromatic heterocycles. The Bertz CT molecular complexity index is 1210. The summed E-state index contributed by atoms with van der Waals surface area (Å²) in [5.41, 5.74) is 2.64. The van der Waals surface area contributed by atoms with E-state index in [1.165, 1.54) is 0 Å². The minimum absolute atomic E-state index is 0.349. The molecule has 31 heavy (non-hydrogen) atoms. The molecule has 0 bridgehead atoms. The molecule has 0 spiro atoms. The zero-order valence-electron chi connectivity index (χ0n) is 17.9. The number of anilines is 1. The first-order valence-corrected chi connectivity index (χ1v) is 11.4. The average Bonchev–Trinajstić information content (AvgIpc) is 3.46. The van der Waals surface area contributed by atoms with Gasteiger partial charge in [-0.05, 0) is 39.7 Å². The number of hydrogen-bond acceptors (Lipinski definition) is 9. The summed E-state index contributed by atoms with van der Waals surface area (Å²) >= 11 is 1.66. The lowest BCUT2D eigenvalue weighted by molar-refractivity contribution is 0.0904. The van der Waals surface area contributed by atoms with Crippen molar-refractivity contribution in [2.45, 2.75) is 52.6 Å². The van der Waals surface area contributed by atoms with E-state index in [9.17, 15) is 0 Å². The first kappa shape index (κ1) is 20.1. The molecule has 0 radical (unpaired) electrons. The van der Waals surface area contributed by atoms with Crippen molar-refractivity contribution in [1.29, 1.82) is 0 Å². The van der Waals surface area contributed by atoms with E-state index >= 15 is 0 Å². The van der Waals surface area contributed by atoms with E-state index in [1.807, 2.05) is 24.6 Å². The fourth-order valence-corrected chi connectivity index (χ4v) is 4.78. The van der Waals surface area contributed by atoms with Gasteiger partial charge in [-0.15, -0.1) is 21.5 Å². The molecule has 0 aromatic carbocycles. The van der Waals surface area contributed by atoms with Crippen molar-refractivity contribution in [1.82, 2.24) is 29.9 Å². The molecule has 5 heterocycles. The number of ether oxygens (including phenoxy) is 1. The number of hydrogen-bond donors (Lipinski definition) is 1. The molecule has 1 N–H and O–H groups in total. The molecule has 4 aromatic rings. The Labute approximate surface area is 183 Å². The van der Waals surface area contributed by atoms with Crippen LogP contribution in [0.1, 0.15) is 41.2 Å². The number of aromatic nitrogens is 6. The summed E-state index contributed by atoms with van der Waals surface area (Å²) in [5, 5.41) is 18.8. The van der Waals surface area contributed by atoms with Gasteiger partial charge in [0, 0.05) is 36.9 Å². The molecular formula is C21H25N7O2S. The molecule has 0 amide bonds. The van der Waals surface area contributed by atoms with Crippen LogP contribution in [0.2, 0.25) is 0 Å². The standard InChI is InChI=1S/C21H25N7O2S/c1-4-28-20-16(19(27-28)24-15-5-7-29-8-6-15)9-14(11-22-20)21-26-25-18(30-21)10-17-12(2)23-13(3)31-17/h9,11,15H,4-8,10H2,1-3H3,(H,24,27). The van der Waals surface area contributed by atoms with Crippen LogP contribution in [-0.2, 0) is 17.7 Å². The van der Waals surface area contributed by atoms with E-state index in [-0.39, 0.29) is 0 Å². The highest BCUT2D eigenvalue weighted by molar-refractivity contribution is 7.11. The number of aryl methyl sites for hydroxylation is 3. The van der Waals surface area contributed by atoms with E-state index in [0.29, 0.717) is 24.2 Å². The van der Waals surface area contributed by atoms with Crippen LogP contribution >= 0.6 is 11.3 Å². The fourth-order valence-electron chi connectivity index (χ4n) is 3.86. The monoisotopic (exact) mass is 439 g/mol. The van der Waals surface area contributed by atoms with E-state index in [0.717, 1.165) is 70.6 Å². The molecule has 1 aliphatic rings. The van der Waals surface area contributed by atoms with Crippen LogP contribution in [0.15, 0.2) is 16.7 Å². The minimum atomic E-state index is 0.349. The number of fused-ring (bicyclic) bond motifs is 1. The second-order valence-electron chi connectivity index (χ2n) is 7.71. The van der Waals surface area contributed by atoms with Crippen molar-refractivity contribution in [3.63, 3.8) is 0 Å². The lowest BCUT2D eigenvalue weighted by atomic mass is 10.1. The number of thiazole rings is 1. The third-order valence-corrected chi connectivity index (χ3v) is 6.55. The molecule has 0 unspecified atom stereocenters. The highest BCUT2D eigenvalue weighted by Crippen LogP contribution is 2.29. The van der Waals surface area contributed by atoms with E-state index in [2.05, 4.69) is 32.4 Å². The van der Waals surface area contributed by atoms with Gasteiger partial charge in [0.25, 0.3) is 0 Å². The van der Waals surface area contributed by atoms with Crippen molar-refractivity contribution in [3.8, 4) is 11.5 Å². The first-order chi connectivity index (χ1) is 15.1. The van der Waals surface area contributed by atoms with E-state index < -0.39 is 0 Å². The maximum atomic E-state index is 5.96. The Morgan fingerprint density at radius 2 is 2.06 bits per heavy atom. The molecule has 162 valence electrons. The lowest BCUT2D eigenvalue weighted by Crippen LogP contribution is -2.28. The second kappa shape index (κ2) is 8.35. The Kier molecular flexibility index (Phi) is 5.41. The van der Waals surface area contributed by atoms with Crippen LogP contribution in [0.25, 0.3) is 22.5 Å². The molecule has 0 atom stereocenters. The average molecular weight is 440 g/mol. The molecule has 0 aliphatic carbocycles. The van der Waals surface area contributed by atoms with Gasteiger partial charge in [-0.1, -0.05) is 0 Å². The predicted octanol–water partition coefficient (Wildman–Crippen LogP) is 3.76. The number of nitrogens with zero attached hydrogens (tertiary/aromatic N) is 6. The summed E-state index contributed by atoms with van der Waals surface area (Å²) in [6, 6.07) is 2.38. The quantitative estimate of drug-likeness (QED) is 0.484. The van der Waals surface area contributed by atoms with Crippen LogP contribution in [0.5, 0.6) is 0 Å². The number of nitrogens with one attached hydrogen (secondary N) is 1. The maximum Gasteiger partial charge on any atom is 0.249 e. The molecule has 9 nitrogen and oxygen atoms in total. The van der Waals surface area contributed by atoms with Crippen LogP contribution < -0.4 is 5.32 Å². The third kappa shape index (κ3) is 4.05. The first-order valence-electron chi connectivity index (χ1n) is 10.6. The molecular weight excluding hydrogens is 414 g/mol. The van der Waals surface area contributed by atoms with Crippen LogP contribution in [0.4, 0.5) is 5.82 Å². The van der Waals surface area contributed by atoms with E-state index in [1.54, 1.807) is 17.5 Å². The molecule has 0 saturated carbocycles.